The predicted octanol–water partition coefficient (Wildman–Crippen LogP) is 7.77. The third-order valence-corrected chi connectivity index (χ3v) is 7.04. The van der Waals surface area contributed by atoms with E-state index in [1.165, 1.54) is 11.1 Å². The van der Waals surface area contributed by atoms with Crippen molar-refractivity contribution in [1.82, 2.24) is 4.67 Å². The molecule has 0 heterocycles. The third kappa shape index (κ3) is 5.02. The molecule has 0 bridgehead atoms. The normalized spacial score (nSPS) is 13.3. The Kier molecular flexibility index (Phi) is 7.21. The van der Waals surface area contributed by atoms with Gasteiger partial charge in [-0.2, -0.15) is 0 Å². The summed E-state index contributed by atoms with van der Waals surface area (Å²) < 4.78 is 8.82. The summed E-state index contributed by atoms with van der Waals surface area (Å²) in [6.45, 7) is 4.44. The van der Waals surface area contributed by atoms with Gasteiger partial charge in [-0.15, -0.1) is 0 Å². The van der Waals surface area contributed by atoms with E-state index in [4.69, 9.17) is 4.52 Å². The van der Waals surface area contributed by atoms with Crippen LogP contribution in [0.4, 0.5) is 0 Å². The Bertz CT molecular complexity index is 1090. The van der Waals surface area contributed by atoms with Crippen LogP contribution < -0.4 is 4.52 Å². The van der Waals surface area contributed by atoms with Gasteiger partial charge in [0.25, 0.3) is 0 Å². The molecule has 4 heteroatoms. The summed E-state index contributed by atoms with van der Waals surface area (Å²) in [5, 5.41) is 10.4. The zero-order chi connectivity index (χ0) is 22.3. The van der Waals surface area contributed by atoms with E-state index < -0.39 is 0 Å². The molecule has 3 unspecified atom stereocenters. The molecule has 0 aliphatic rings. The maximum Gasteiger partial charge on any atom is 0.150 e. The number of para-hydroxylation sites is 2. The minimum atomic E-state index is 0.102. The van der Waals surface area contributed by atoms with Crippen molar-refractivity contribution in [3.8, 4) is 22.6 Å². The monoisotopic (exact) mass is 441 g/mol. The van der Waals surface area contributed by atoms with Crippen molar-refractivity contribution >= 4 is 8.96 Å². The molecule has 4 rings (SSSR count). The molecule has 0 aliphatic heterocycles. The average Bonchev–Trinajstić information content (AvgIpc) is 2.85. The first-order valence-corrected chi connectivity index (χ1v) is 11.7. The van der Waals surface area contributed by atoms with Gasteiger partial charge in [-0.1, -0.05) is 97.1 Å². The molecule has 1 N–H and O–H groups in total. The van der Waals surface area contributed by atoms with Crippen molar-refractivity contribution in [1.29, 1.82) is 0 Å². The number of benzene rings is 4. The first kappa shape index (κ1) is 22.1. The molecule has 4 aromatic carbocycles. The topological polar surface area (TPSA) is 32.7 Å². The lowest BCUT2D eigenvalue weighted by atomic mass is 10.0. The van der Waals surface area contributed by atoms with Crippen LogP contribution in [-0.4, -0.2) is 9.78 Å². The third-order valence-electron chi connectivity index (χ3n) is 5.74. The molecule has 4 aromatic rings. The van der Waals surface area contributed by atoms with Crippen molar-refractivity contribution in [3.63, 3.8) is 0 Å². The number of nitrogens with zero attached hydrogens (tertiary/aromatic N) is 1. The Labute approximate surface area is 192 Å². The van der Waals surface area contributed by atoms with E-state index in [1.54, 1.807) is 6.07 Å². The Morgan fingerprint density at radius 3 is 1.66 bits per heavy atom. The summed E-state index contributed by atoms with van der Waals surface area (Å²) >= 11 is 0. The zero-order valence-electron chi connectivity index (χ0n) is 18.3. The van der Waals surface area contributed by atoms with E-state index in [1.807, 2.05) is 54.6 Å². The van der Waals surface area contributed by atoms with Crippen molar-refractivity contribution in [2.45, 2.75) is 25.9 Å². The fourth-order valence-corrected chi connectivity index (χ4v) is 4.86. The molecule has 0 radical (unpaired) electrons. The summed E-state index contributed by atoms with van der Waals surface area (Å²) in [5.74, 6) is 1.01. The van der Waals surface area contributed by atoms with Gasteiger partial charge < -0.3 is 9.63 Å². The number of hydrogen-bond donors (Lipinski definition) is 1. The van der Waals surface area contributed by atoms with Gasteiger partial charge in [0.15, 0.2) is 8.96 Å². The molecular formula is C28H28NO2P. The van der Waals surface area contributed by atoms with Crippen molar-refractivity contribution < 1.29 is 9.63 Å². The Morgan fingerprint density at radius 2 is 1.09 bits per heavy atom. The van der Waals surface area contributed by atoms with E-state index in [2.05, 4.69) is 67.0 Å². The van der Waals surface area contributed by atoms with Crippen LogP contribution in [-0.2, 0) is 0 Å². The zero-order valence-corrected chi connectivity index (χ0v) is 19.3. The first-order chi connectivity index (χ1) is 15.6. The lowest BCUT2D eigenvalue weighted by molar-refractivity contribution is 0.287. The van der Waals surface area contributed by atoms with Gasteiger partial charge in [-0.3, -0.25) is 0 Å². The standard InChI is InChI=1S/C28H28NO2P/c1-21(23-13-5-3-6-14-23)29(22(2)24-15-7-4-8-16-24)32-31-28-20-12-10-18-26(28)25-17-9-11-19-27(25)30/h3-22,30,32H,1-2H3. The fraction of sp³-hybridized carbons (Fsp3) is 0.143. The maximum absolute atomic E-state index is 10.4. The smallest absolute Gasteiger partial charge is 0.150 e. The van der Waals surface area contributed by atoms with Crippen LogP contribution in [0.15, 0.2) is 109 Å². The Morgan fingerprint density at radius 1 is 0.625 bits per heavy atom. The average molecular weight is 442 g/mol. The van der Waals surface area contributed by atoms with E-state index in [-0.39, 0.29) is 26.8 Å². The molecule has 0 amide bonds. The van der Waals surface area contributed by atoms with Gasteiger partial charge in [0.1, 0.15) is 11.5 Å². The highest BCUT2D eigenvalue weighted by atomic mass is 31.1. The highest BCUT2D eigenvalue weighted by Crippen LogP contribution is 2.43. The van der Waals surface area contributed by atoms with Crippen LogP contribution in [0.5, 0.6) is 11.5 Å². The number of hydrogen-bond acceptors (Lipinski definition) is 3. The largest absolute Gasteiger partial charge is 0.507 e. The highest BCUT2D eigenvalue weighted by molar-refractivity contribution is 7.29. The quantitative estimate of drug-likeness (QED) is 0.284. The van der Waals surface area contributed by atoms with E-state index in [0.717, 1.165) is 16.9 Å². The summed E-state index contributed by atoms with van der Waals surface area (Å²) in [6, 6.07) is 36.6. The molecule has 0 saturated carbocycles. The molecule has 0 aromatic heterocycles. The Balaban J connectivity index is 1.63. The van der Waals surface area contributed by atoms with Crippen LogP contribution in [0, 0.1) is 0 Å². The van der Waals surface area contributed by atoms with Gasteiger partial charge in [-0.25, -0.2) is 4.67 Å². The van der Waals surface area contributed by atoms with Crippen LogP contribution in [0.2, 0.25) is 0 Å². The molecule has 3 nitrogen and oxygen atoms in total. The van der Waals surface area contributed by atoms with Crippen LogP contribution in [0.25, 0.3) is 11.1 Å². The molecule has 0 saturated heterocycles. The van der Waals surface area contributed by atoms with Gasteiger partial charge in [0.2, 0.25) is 0 Å². The van der Waals surface area contributed by atoms with Crippen molar-refractivity contribution in [2.24, 2.45) is 0 Å². The minimum absolute atomic E-state index is 0.102. The molecule has 32 heavy (non-hydrogen) atoms. The molecule has 3 atom stereocenters. The van der Waals surface area contributed by atoms with Crippen molar-refractivity contribution in [2.75, 3.05) is 0 Å². The van der Waals surface area contributed by atoms with Gasteiger partial charge in [-0.05, 0) is 37.1 Å². The number of phenols is 1. The van der Waals surface area contributed by atoms with Gasteiger partial charge >= 0.3 is 0 Å². The van der Waals surface area contributed by atoms with E-state index >= 15 is 0 Å². The fourth-order valence-electron chi connectivity index (χ4n) is 3.86. The van der Waals surface area contributed by atoms with E-state index in [0.29, 0.717) is 0 Å². The first-order valence-electron chi connectivity index (χ1n) is 10.8. The number of rotatable bonds is 8. The highest BCUT2D eigenvalue weighted by Gasteiger charge is 2.24. The lowest BCUT2D eigenvalue weighted by Gasteiger charge is -2.34. The molecular weight excluding hydrogens is 413 g/mol. The maximum atomic E-state index is 10.4. The summed E-state index contributed by atoms with van der Waals surface area (Å²) in [7, 11) is 0.102. The second-order valence-electron chi connectivity index (χ2n) is 7.79. The van der Waals surface area contributed by atoms with Crippen LogP contribution >= 0.6 is 8.96 Å². The van der Waals surface area contributed by atoms with Crippen molar-refractivity contribution in [3.05, 3.63) is 120 Å². The summed E-state index contributed by atoms with van der Waals surface area (Å²) in [4.78, 5) is 0. The number of phenolic OH excluding ortho intramolecular Hbond substituents is 1. The second kappa shape index (κ2) is 10.5. The van der Waals surface area contributed by atoms with Crippen LogP contribution in [0.1, 0.15) is 37.1 Å². The molecule has 0 spiro atoms. The predicted molar refractivity (Wildman–Crippen MR) is 134 cm³/mol. The molecule has 0 aliphatic carbocycles. The minimum Gasteiger partial charge on any atom is -0.507 e. The lowest BCUT2D eigenvalue weighted by Crippen LogP contribution is -2.23. The summed E-state index contributed by atoms with van der Waals surface area (Å²) in [6.07, 6.45) is 0. The summed E-state index contributed by atoms with van der Waals surface area (Å²) in [5.41, 5.74) is 4.16. The van der Waals surface area contributed by atoms with E-state index in [9.17, 15) is 5.11 Å². The van der Waals surface area contributed by atoms with Gasteiger partial charge in [0, 0.05) is 23.2 Å². The number of aromatic hydroxyl groups is 1. The SMILES string of the molecule is CC(c1ccccc1)N(POc1ccccc1-c1ccccc1O)C(C)c1ccccc1. The van der Waals surface area contributed by atoms with Gasteiger partial charge in [0.05, 0.1) is 0 Å². The van der Waals surface area contributed by atoms with Crippen LogP contribution in [0.3, 0.4) is 0 Å². The Hall–Kier alpha value is -3.13. The molecule has 0 fully saturated rings. The second-order valence-corrected chi connectivity index (χ2v) is 8.69. The molecule has 162 valence electrons.